The van der Waals surface area contributed by atoms with E-state index in [9.17, 15) is 8.42 Å². The molecule has 1 N–H and O–H groups in total. The first-order chi connectivity index (χ1) is 6.12. The fourth-order valence-electron chi connectivity index (χ4n) is 0.854. The van der Waals surface area contributed by atoms with Crippen LogP contribution in [0, 0.1) is 0 Å². The summed E-state index contributed by atoms with van der Waals surface area (Å²) in [4.78, 5) is 0. The minimum absolute atomic E-state index is 0.272. The maximum atomic E-state index is 11.2. The van der Waals surface area contributed by atoms with Gasteiger partial charge in [0.25, 0.3) is 0 Å². The molecule has 0 fully saturated rings. The Kier molecular flexibility index (Phi) is 8.38. The average molecular weight is 319 g/mol. The molecule has 0 aromatic carbocycles. The Bertz CT molecular complexity index is 204. The zero-order valence-corrected chi connectivity index (χ0v) is 11.0. The van der Waals surface area contributed by atoms with Gasteiger partial charge in [0.15, 0.2) is 0 Å². The molecule has 0 aliphatic rings. The highest BCUT2D eigenvalue weighted by molar-refractivity contribution is 14.1. The normalized spacial score (nSPS) is 11.8. The Balaban J connectivity index is 3.52. The van der Waals surface area contributed by atoms with Crippen molar-refractivity contribution >= 4 is 32.6 Å². The van der Waals surface area contributed by atoms with E-state index in [0.717, 1.165) is 30.1 Å². The lowest BCUT2D eigenvalue weighted by atomic mass is 10.3. The van der Waals surface area contributed by atoms with Crippen molar-refractivity contribution in [1.82, 2.24) is 4.72 Å². The van der Waals surface area contributed by atoms with E-state index in [1.807, 2.05) is 6.92 Å². The molecule has 0 heterocycles. The predicted molar refractivity (Wildman–Crippen MR) is 64.8 cm³/mol. The third-order valence-electron chi connectivity index (χ3n) is 1.65. The van der Waals surface area contributed by atoms with Crippen LogP contribution in [0.3, 0.4) is 0 Å². The van der Waals surface area contributed by atoms with E-state index in [-0.39, 0.29) is 5.75 Å². The van der Waals surface area contributed by atoms with Crippen molar-refractivity contribution in [2.75, 3.05) is 16.7 Å². The quantitative estimate of drug-likeness (QED) is 0.422. The molecule has 0 bridgehead atoms. The predicted octanol–water partition coefficient (Wildman–Crippen LogP) is 1.92. The highest BCUT2D eigenvalue weighted by Gasteiger charge is 2.07. The van der Waals surface area contributed by atoms with Crippen LogP contribution in [0.15, 0.2) is 0 Å². The number of nitrogens with one attached hydrogen (secondary N) is 1. The molecule has 5 heteroatoms. The topological polar surface area (TPSA) is 46.2 Å². The van der Waals surface area contributed by atoms with Gasteiger partial charge in [0.1, 0.15) is 0 Å². The molecule has 0 aromatic rings. The lowest BCUT2D eigenvalue weighted by Gasteiger charge is -2.04. The van der Waals surface area contributed by atoms with Crippen molar-refractivity contribution in [3.05, 3.63) is 0 Å². The number of halogens is 1. The Hall–Kier alpha value is 0.640. The molecular weight excluding hydrogens is 301 g/mol. The molecule has 0 saturated heterocycles. The molecule has 80 valence electrons. The molecule has 0 amide bonds. The molecule has 0 aliphatic heterocycles. The fraction of sp³-hybridized carbons (Fsp3) is 1.00. The molecule has 0 spiro atoms. The van der Waals surface area contributed by atoms with Crippen LogP contribution in [0.4, 0.5) is 0 Å². The first-order valence-electron chi connectivity index (χ1n) is 4.65. The molecule has 0 unspecified atom stereocenters. The second-order valence-electron chi connectivity index (χ2n) is 2.96. The van der Waals surface area contributed by atoms with Crippen LogP contribution < -0.4 is 4.72 Å². The smallest absolute Gasteiger partial charge is 0.211 e. The average Bonchev–Trinajstić information content (AvgIpc) is 2.09. The van der Waals surface area contributed by atoms with Gasteiger partial charge in [-0.15, -0.1) is 0 Å². The van der Waals surface area contributed by atoms with E-state index in [2.05, 4.69) is 27.3 Å². The van der Waals surface area contributed by atoms with E-state index in [0.29, 0.717) is 6.54 Å². The standard InChI is InChI=1S/C8H18INO2S/c1-2-3-8-13(11,12)10-7-5-4-6-9/h10H,2-8H2,1H3. The van der Waals surface area contributed by atoms with Gasteiger partial charge < -0.3 is 0 Å². The summed E-state index contributed by atoms with van der Waals surface area (Å²) in [5.74, 6) is 0.272. The van der Waals surface area contributed by atoms with Crippen molar-refractivity contribution in [2.45, 2.75) is 32.6 Å². The molecule has 3 nitrogen and oxygen atoms in total. The van der Waals surface area contributed by atoms with E-state index in [1.165, 1.54) is 0 Å². The summed E-state index contributed by atoms with van der Waals surface area (Å²) in [5, 5.41) is 0. The molecule has 0 rings (SSSR count). The first-order valence-corrected chi connectivity index (χ1v) is 7.83. The summed E-state index contributed by atoms with van der Waals surface area (Å²) in [7, 11) is -2.98. The van der Waals surface area contributed by atoms with E-state index < -0.39 is 10.0 Å². The van der Waals surface area contributed by atoms with Crippen LogP contribution >= 0.6 is 22.6 Å². The zero-order valence-electron chi connectivity index (χ0n) is 8.05. The largest absolute Gasteiger partial charge is 0.215 e. The molecule has 0 radical (unpaired) electrons. The fourth-order valence-corrected chi connectivity index (χ4v) is 2.66. The van der Waals surface area contributed by atoms with Crippen LogP contribution in [0.2, 0.25) is 0 Å². The van der Waals surface area contributed by atoms with Crippen LogP contribution in [0.5, 0.6) is 0 Å². The minimum Gasteiger partial charge on any atom is -0.215 e. The summed E-state index contributed by atoms with van der Waals surface area (Å²) >= 11 is 2.29. The number of alkyl halides is 1. The Morgan fingerprint density at radius 1 is 1.23 bits per heavy atom. The van der Waals surface area contributed by atoms with Crippen molar-refractivity contribution in [2.24, 2.45) is 0 Å². The highest BCUT2D eigenvalue weighted by Crippen LogP contribution is 1.96. The summed E-state index contributed by atoms with van der Waals surface area (Å²) in [5.41, 5.74) is 0. The lowest BCUT2D eigenvalue weighted by Crippen LogP contribution is -2.27. The molecule has 13 heavy (non-hydrogen) atoms. The van der Waals surface area contributed by atoms with Crippen LogP contribution in [0.25, 0.3) is 0 Å². The van der Waals surface area contributed by atoms with E-state index in [4.69, 9.17) is 0 Å². The Labute approximate surface area is 94.9 Å². The Morgan fingerprint density at radius 3 is 2.46 bits per heavy atom. The molecular formula is C8H18INO2S. The molecule has 0 atom stereocenters. The van der Waals surface area contributed by atoms with Gasteiger partial charge in [0, 0.05) is 6.54 Å². The SMILES string of the molecule is CCCCS(=O)(=O)NCCCCI. The third kappa shape index (κ3) is 8.96. The van der Waals surface area contributed by atoms with Gasteiger partial charge in [0.2, 0.25) is 10.0 Å². The number of rotatable bonds is 8. The van der Waals surface area contributed by atoms with Gasteiger partial charge in [-0.05, 0) is 23.7 Å². The monoisotopic (exact) mass is 319 g/mol. The van der Waals surface area contributed by atoms with Crippen molar-refractivity contribution in [3.8, 4) is 0 Å². The minimum atomic E-state index is -2.98. The maximum absolute atomic E-state index is 11.2. The van der Waals surface area contributed by atoms with E-state index >= 15 is 0 Å². The second kappa shape index (κ2) is 7.99. The van der Waals surface area contributed by atoms with Crippen LogP contribution in [-0.4, -0.2) is 25.1 Å². The molecule has 0 aromatic heterocycles. The van der Waals surface area contributed by atoms with Gasteiger partial charge in [-0.3, -0.25) is 0 Å². The first kappa shape index (κ1) is 13.6. The van der Waals surface area contributed by atoms with Gasteiger partial charge in [-0.1, -0.05) is 35.9 Å². The number of sulfonamides is 1. The van der Waals surface area contributed by atoms with Gasteiger partial charge in [-0.25, -0.2) is 13.1 Å². The summed E-state index contributed by atoms with van der Waals surface area (Å²) < 4.78 is 26.2. The van der Waals surface area contributed by atoms with Crippen molar-refractivity contribution < 1.29 is 8.42 Å². The van der Waals surface area contributed by atoms with Crippen LogP contribution in [-0.2, 0) is 10.0 Å². The number of hydrogen-bond donors (Lipinski definition) is 1. The third-order valence-corrected chi connectivity index (χ3v) is 3.88. The van der Waals surface area contributed by atoms with Crippen molar-refractivity contribution in [1.29, 1.82) is 0 Å². The van der Waals surface area contributed by atoms with Gasteiger partial charge in [-0.2, -0.15) is 0 Å². The number of hydrogen-bond acceptors (Lipinski definition) is 2. The Morgan fingerprint density at radius 2 is 1.92 bits per heavy atom. The summed E-state index contributed by atoms with van der Waals surface area (Å²) in [6, 6.07) is 0. The molecule has 0 saturated carbocycles. The number of unbranched alkanes of at least 4 members (excludes halogenated alkanes) is 2. The van der Waals surface area contributed by atoms with Gasteiger partial charge in [0.05, 0.1) is 5.75 Å². The van der Waals surface area contributed by atoms with Crippen molar-refractivity contribution in [3.63, 3.8) is 0 Å². The maximum Gasteiger partial charge on any atom is 0.211 e. The van der Waals surface area contributed by atoms with E-state index in [1.54, 1.807) is 0 Å². The van der Waals surface area contributed by atoms with Gasteiger partial charge >= 0.3 is 0 Å². The zero-order chi connectivity index (χ0) is 10.2. The van der Waals surface area contributed by atoms with Crippen LogP contribution in [0.1, 0.15) is 32.6 Å². The summed E-state index contributed by atoms with van der Waals surface area (Å²) in [6.45, 7) is 2.58. The summed E-state index contributed by atoms with van der Waals surface area (Å²) in [6.07, 6.45) is 3.70. The molecule has 0 aliphatic carbocycles. The second-order valence-corrected chi connectivity index (χ2v) is 5.97. The highest BCUT2D eigenvalue weighted by atomic mass is 127. The lowest BCUT2D eigenvalue weighted by molar-refractivity contribution is 0.575.